The zero-order chi connectivity index (χ0) is 21.5. The van der Waals surface area contributed by atoms with Crippen LogP contribution in [0.25, 0.3) is 11.3 Å². The Labute approximate surface area is 183 Å². The Hall–Kier alpha value is -2.62. The molecule has 3 aromatic rings. The summed E-state index contributed by atoms with van der Waals surface area (Å²) in [5, 5.41) is 2.58. The van der Waals surface area contributed by atoms with Gasteiger partial charge in [-0.25, -0.2) is 13.4 Å². The van der Waals surface area contributed by atoms with Crippen molar-refractivity contribution in [2.24, 2.45) is 0 Å². The molecule has 1 aliphatic rings. The minimum absolute atomic E-state index is 0.131. The number of fused-ring (bicyclic) bond motifs is 1. The molecule has 0 saturated carbocycles. The first-order valence-electron chi connectivity index (χ1n) is 9.01. The number of benzene rings is 2. The molecule has 0 saturated heterocycles. The Bertz CT molecular complexity index is 1210. The van der Waals surface area contributed by atoms with Gasteiger partial charge in [-0.05, 0) is 42.8 Å². The lowest BCUT2D eigenvalue weighted by atomic mass is 10.1. The second-order valence-corrected chi connectivity index (χ2v) is 9.88. The van der Waals surface area contributed by atoms with Crippen molar-refractivity contribution >= 4 is 49.7 Å². The van der Waals surface area contributed by atoms with E-state index in [1.165, 1.54) is 11.3 Å². The summed E-state index contributed by atoms with van der Waals surface area (Å²) >= 11 is 7.03. The van der Waals surface area contributed by atoms with Crippen molar-refractivity contribution in [3.8, 4) is 17.0 Å². The monoisotopic (exact) mass is 463 g/mol. The average Bonchev–Trinajstić information content (AvgIpc) is 3.15. The molecule has 0 radical (unpaired) electrons. The number of ether oxygens (including phenoxy) is 1. The van der Waals surface area contributed by atoms with Crippen LogP contribution >= 0.6 is 22.9 Å². The highest BCUT2D eigenvalue weighted by molar-refractivity contribution is 7.92. The predicted molar refractivity (Wildman–Crippen MR) is 119 cm³/mol. The molecule has 2 heterocycles. The van der Waals surface area contributed by atoms with Crippen molar-refractivity contribution in [2.75, 3.05) is 16.7 Å². The van der Waals surface area contributed by atoms with Crippen molar-refractivity contribution in [2.45, 2.75) is 18.8 Å². The molecule has 2 aromatic carbocycles. The third kappa shape index (κ3) is 4.28. The summed E-state index contributed by atoms with van der Waals surface area (Å²) in [5.74, 6) is 0.307. The van der Waals surface area contributed by atoms with Crippen LogP contribution in [0.2, 0.25) is 5.02 Å². The zero-order valence-electron chi connectivity index (χ0n) is 16.1. The maximum atomic E-state index is 12.5. The minimum Gasteiger partial charge on any atom is -0.479 e. The van der Waals surface area contributed by atoms with E-state index in [0.29, 0.717) is 27.7 Å². The van der Waals surface area contributed by atoms with Crippen molar-refractivity contribution in [1.82, 2.24) is 4.98 Å². The molecule has 30 heavy (non-hydrogen) atoms. The van der Waals surface area contributed by atoms with Crippen LogP contribution in [0.3, 0.4) is 0 Å². The molecule has 1 aliphatic heterocycles. The van der Waals surface area contributed by atoms with Crippen LogP contribution in [0, 0.1) is 0 Å². The highest BCUT2D eigenvalue weighted by Crippen LogP contribution is 2.37. The lowest BCUT2D eigenvalue weighted by molar-refractivity contribution is -0.125. The van der Waals surface area contributed by atoms with Gasteiger partial charge in [0.1, 0.15) is 5.75 Å². The van der Waals surface area contributed by atoms with E-state index < -0.39 is 16.1 Å². The zero-order valence-corrected chi connectivity index (χ0v) is 18.5. The summed E-state index contributed by atoms with van der Waals surface area (Å²) in [6, 6.07) is 12.1. The maximum Gasteiger partial charge on any atom is 0.267 e. The number of carbonyl (C=O) groups is 1. The second-order valence-electron chi connectivity index (χ2n) is 6.87. The molecule has 0 bridgehead atoms. The summed E-state index contributed by atoms with van der Waals surface area (Å²) < 4.78 is 33.1. The van der Waals surface area contributed by atoms with Gasteiger partial charge in [-0.2, -0.15) is 0 Å². The van der Waals surface area contributed by atoms with Gasteiger partial charge in [-0.15, -0.1) is 11.3 Å². The SMILES string of the molecule is CC1Oc2ccc(-c3csc(NS(=O)(=O)Cc4ccc(Cl)cc4)n3)cc2N(C)C1=O. The number of nitrogens with one attached hydrogen (secondary N) is 1. The van der Waals surface area contributed by atoms with Gasteiger partial charge in [0.15, 0.2) is 11.2 Å². The largest absolute Gasteiger partial charge is 0.479 e. The molecular weight excluding hydrogens is 446 g/mol. The van der Waals surface area contributed by atoms with Crippen LogP contribution in [0.5, 0.6) is 5.75 Å². The molecule has 1 aromatic heterocycles. The van der Waals surface area contributed by atoms with Crippen molar-refractivity contribution in [1.29, 1.82) is 0 Å². The van der Waals surface area contributed by atoms with E-state index in [-0.39, 0.29) is 16.8 Å². The van der Waals surface area contributed by atoms with E-state index in [1.54, 1.807) is 60.6 Å². The van der Waals surface area contributed by atoms with Gasteiger partial charge in [0, 0.05) is 23.0 Å². The van der Waals surface area contributed by atoms with E-state index in [9.17, 15) is 13.2 Å². The second kappa shape index (κ2) is 7.90. The van der Waals surface area contributed by atoms with Crippen LogP contribution < -0.4 is 14.4 Å². The third-order valence-corrected chi connectivity index (χ3v) is 6.97. The van der Waals surface area contributed by atoms with Gasteiger partial charge in [-0.3, -0.25) is 9.52 Å². The van der Waals surface area contributed by atoms with Crippen LogP contribution in [-0.4, -0.2) is 32.5 Å². The Morgan fingerprint density at radius 1 is 1.23 bits per heavy atom. The molecule has 0 fully saturated rings. The molecule has 7 nitrogen and oxygen atoms in total. The predicted octanol–water partition coefficient (Wildman–Crippen LogP) is 4.15. The number of thiazole rings is 1. The van der Waals surface area contributed by atoms with Crippen LogP contribution in [0.4, 0.5) is 10.8 Å². The summed E-state index contributed by atoms with van der Waals surface area (Å²) in [5.41, 5.74) is 2.63. The van der Waals surface area contributed by atoms with E-state index >= 15 is 0 Å². The molecule has 10 heteroatoms. The number of hydrogen-bond donors (Lipinski definition) is 1. The number of nitrogens with zero attached hydrogens (tertiary/aromatic N) is 2. The van der Waals surface area contributed by atoms with Gasteiger partial charge >= 0.3 is 0 Å². The number of sulfonamides is 1. The topological polar surface area (TPSA) is 88.6 Å². The molecule has 0 aliphatic carbocycles. The van der Waals surface area contributed by atoms with E-state index in [1.807, 2.05) is 6.07 Å². The number of carbonyl (C=O) groups excluding carboxylic acids is 1. The van der Waals surface area contributed by atoms with Crippen molar-refractivity contribution in [3.63, 3.8) is 0 Å². The fourth-order valence-electron chi connectivity index (χ4n) is 3.09. The van der Waals surface area contributed by atoms with Crippen LogP contribution in [0.1, 0.15) is 12.5 Å². The fraction of sp³-hybridized carbons (Fsp3) is 0.200. The number of amides is 1. The Morgan fingerprint density at radius 3 is 2.70 bits per heavy atom. The van der Waals surface area contributed by atoms with Gasteiger partial charge in [0.2, 0.25) is 10.0 Å². The number of likely N-dealkylation sites (N-methyl/N-ethyl adjacent to an activating group) is 1. The standard InChI is InChI=1S/C20H18ClN3O4S2/c1-12-19(25)24(2)17-9-14(5-8-18(17)28-12)16-10-29-20(22-16)23-30(26,27)11-13-3-6-15(21)7-4-13/h3-10,12H,11H2,1-2H3,(H,22,23). The first-order chi connectivity index (χ1) is 14.2. The first-order valence-corrected chi connectivity index (χ1v) is 11.9. The first kappa shape index (κ1) is 20.6. The average molecular weight is 464 g/mol. The minimum atomic E-state index is -3.62. The molecular formula is C20H18ClN3O4S2. The molecule has 4 rings (SSSR count). The van der Waals surface area contributed by atoms with E-state index in [2.05, 4.69) is 9.71 Å². The number of hydrogen-bond acceptors (Lipinski definition) is 6. The normalized spacial score (nSPS) is 16.2. The van der Waals surface area contributed by atoms with Gasteiger partial charge < -0.3 is 9.64 Å². The van der Waals surface area contributed by atoms with Gasteiger partial charge in [-0.1, -0.05) is 23.7 Å². The summed E-state index contributed by atoms with van der Waals surface area (Å²) in [7, 11) is -1.93. The van der Waals surface area contributed by atoms with Crippen LogP contribution in [0.15, 0.2) is 47.8 Å². The molecule has 1 N–H and O–H groups in total. The molecule has 0 spiro atoms. The smallest absolute Gasteiger partial charge is 0.267 e. The quantitative estimate of drug-likeness (QED) is 0.614. The lowest BCUT2D eigenvalue weighted by Gasteiger charge is -2.30. The summed E-state index contributed by atoms with van der Waals surface area (Å²) in [4.78, 5) is 18.1. The highest BCUT2D eigenvalue weighted by atomic mass is 35.5. The Kier molecular flexibility index (Phi) is 5.44. The number of aromatic nitrogens is 1. The Morgan fingerprint density at radius 2 is 1.97 bits per heavy atom. The molecule has 156 valence electrons. The molecule has 1 unspecified atom stereocenters. The maximum absolute atomic E-state index is 12.5. The number of halogens is 1. The van der Waals surface area contributed by atoms with E-state index in [4.69, 9.17) is 16.3 Å². The lowest BCUT2D eigenvalue weighted by Crippen LogP contribution is -2.41. The fourth-order valence-corrected chi connectivity index (χ4v) is 5.37. The van der Waals surface area contributed by atoms with E-state index in [0.717, 1.165) is 5.56 Å². The van der Waals surface area contributed by atoms with Gasteiger partial charge in [0.05, 0.1) is 17.1 Å². The number of rotatable bonds is 5. The van der Waals surface area contributed by atoms with Gasteiger partial charge in [0.25, 0.3) is 5.91 Å². The summed E-state index contributed by atoms with van der Waals surface area (Å²) in [6.07, 6.45) is -0.533. The summed E-state index contributed by atoms with van der Waals surface area (Å²) in [6.45, 7) is 1.71. The van der Waals surface area contributed by atoms with Crippen molar-refractivity contribution in [3.05, 3.63) is 58.4 Å². The number of anilines is 2. The molecule has 1 amide bonds. The van der Waals surface area contributed by atoms with Crippen molar-refractivity contribution < 1.29 is 17.9 Å². The molecule has 1 atom stereocenters. The third-order valence-electron chi connectivity index (χ3n) is 4.62. The van der Waals surface area contributed by atoms with Crippen LogP contribution in [-0.2, 0) is 20.6 Å². The highest BCUT2D eigenvalue weighted by Gasteiger charge is 2.29. The Balaban J connectivity index is 1.53.